The smallest absolute Gasteiger partial charge is 0.223 e. The summed E-state index contributed by atoms with van der Waals surface area (Å²) < 4.78 is 13.4. The van der Waals surface area contributed by atoms with Crippen LogP contribution in [0.5, 0.6) is 0 Å². The van der Waals surface area contributed by atoms with Crippen molar-refractivity contribution in [1.82, 2.24) is 14.9 Å². The van der Waals surface area contributed by atoms with E-state index in [2.05, 4.69) is 9.97 Å². The van der Waals surface area contributed by atoms with Crippen molar-refractivity contribution in [2.24, 2.45) is 0 Å². The van der Waals surface area contributed by atoms with Crippen LogP contribution in [0.2, 0.25) is 0 Å². The second-order valence-corrected chi connectivity index (χ2v) is 5.45. The summed E-state index contributed by atoms with van der Waals surface area (Å²) in [5, 5.41) is 0. The lowest BCUT2D eigenvalue weighted by Crippen LogP contribution is -2.26. The summed E-state index contributed by atoms with van der Waals surface area (Å²) in [4.78, 5) is 21.1. The number of rotatable bonds is 6. The van der Waals surface area contributed by atoms with Crippen molar-refractivity contribution in [3.05, 3.63) is 48.3 Å². The molecule has 0 radical (unpaired) electrons. The number of halogens is 1. The molecule has 20 heavy (non-hydrogen) atoms. The molecule has 0 aliphatic rings. The Balaban J connectivity index is 1.76. The van der Waals surface area contributed by atoms with E-state index >= 15 is 0 Å². The van der Waals surface area contributed by atoms with Crippen molar-refractivity contribution < 1.29 is 9.18 Å². The van der Waals surface area contributed by atoms with E-state index in [-0.39, 0.29) is 11.7 Å². The fourth-order valence-electron chi connectivity index (χ4n) is 1.70. The van der Waals surface area contributed by atoms with Gasteiger partial charge in [-0.2, -0.15) is 0 Å². The molecule has 1 heterocycles. The summed E-state index contributed by atoms with van der Waals surface area (Å²) in [7, 11) is 1.73. The largest absolute Gasteiger partial charge is 0.347 e. The number of H-pyrrole nitrogens is 1. The number of hydrogen-bond acceptors (Lipinski definition) is 3. The van der Waals surface area contributed by atoms with E-state index in [9.17, 15) is 9.18 Å². The Morgan fingerprint density at radius 3 is 2.95 bits per heavy atom. The number of imidazole rings is 1. The highest BCUT2D eigenvalue weighted by atomic mass is 32.2. The van der Waals surface area contributed by atoms with E-state index < -0.39 is 0 Å². The summed E-state index contributed by atoms with van der Waals surface area (Å²) in [6.07, 6.45) is 3.75. The lowest BCUT2D eigenvalue weighted by atomic mass is 10.3. The number of aromatic amines is 1. The number of carbonyl (C=O) groups is 1. The lowest BCUT2D eigenvalue weighted by Gasteiger charge is -2.15. The third-order valence-electron chi connectivity index (χ3n) is 2.78. The van der Waals surface area contributed by atoms with Gasteiger partial charge in [-0.15, -0.1) is 11.8 Å². The third kappa shape index (κ3) is 4.09. The maximum absolute atomic E-state index is 13.4. The van der Waals surface area contributed by atoms with Crippen LogP contribution in [0, 0.1) is 5.82 Å². The van der Waals surface area contributed by atoms with Crippen LogP contribution in [0.15, 0.2) is 41.6 Å². The molecule has 0 aliphatic carbocycles. The van der Waals surface area contributed by atoms with Gasteiger partial charge in [-0.25, -0.2) is 9.37 Å². The van der Waals surface area contributed by atoms with Crippen LogP contribution in [-0.4, -0.2) is 33.6 Å². The normalized spacial score (nSPS) is 10.5. The standard InChI is InChI=1S/C14H16FN3OS/c1-18(10-13-16-7-8-17-13)14(19)6-9-20-12-5-3-2-4-11(12)15/h2-5,7-8H,6,9-10H2,1H3,(H,16,17). The van der Waals surface area contributed by atoms with Gasteiger partial charge in [-0.1, -0.05) is 12.1 Å². The van der Waals surface area contributed by atoms with Gasteiger partial charge in [0, 0.05) is 36.5 Å². The number of carbonyl (C=O) groups excluding carboxylic acids is 1. The number of hydrogen-bond donors (Lipinski definition) is 1. The van der Waals surface area contributed by atoms with Crippen molar-refractivity contribution >= 4 is 17.7 Å². The van der Waals surface area contributed by atoms with Gasteiger partial charge < -0.3 is 9.88 Å². The Labute approximate surface area is 121 Å². The molecule has 1 N–H and O–H groups in total. The summed E-state index contributed by atoms with van der Waals surface area (Å²) in [6.45, 7) is 0.455. The average molecular weight is 293 g/mol. The van der Waals surface area contributed by atoms with E-state index in [0.29, 0.717) is 23.6 Å². The molecule has 0 bridgehead atoms. The molecular weight excluding hydrogens is 277 g/mol. The van der Waals surface area contributed by atoms with E-state index in [1.807, 2.05) is 0 Å². The van der Waals surface area contributed by atoms with E-state index in [1.165, 1.54) is 17.8 Å². The van der Waals surface area contributed by atoms with Crippen LogP contribution in [0.25, 0.3) is 0 Å². The first kappa shape index (κ1) is 14.6. The van der Waals surface area contributed by atoms with Crippen molar-refractivity contribution in [3.8, 4) is 0 Å². The summed E-state index contributed by atoms with van der Waals surface area (Å²) in [5.41, 5.74) is 0. The van der Waals surface area contributed by atoms with E-state index in [1.54, 1.807) is 42.5 Å². The van der Waals surface area contributed by atoms with Gasteiger partial charge in [0.05, 0.1) is 6.54 Å². The molecule has 0 saturated carbocycles. The van der Waals surface area contributed by atoms with Gasteiger partial charge in [0.1, 0.15) is 11.6 Å². The summed E-state index contributed by atoms with van der Waals surface area (Å²) >= 11 is 1.35. The van der Waals surface area contributed by atoms with Crippen LogP contribution in [-0.2, 0) is 11.3 Å². The number of benzene rings is 1. The number of nitrogens with zero attached hydrogens (tertiary/aromatic N) is 2. The van der Waals surface area contributed by atoms with Crippen LogP contribution in [0.1, 0.15) is 12.2 Å². The fourth-order valence-corrected chi connectivity index (χ4v) is 2.58. The first-order valence-electron chi connectivity index (χ1n) is 6.26. The molecule has 0 fully saturated rings. The highest BCUT2D eigenvalue weighted by Gasteiger charge is 2.11. The van der Waals surface area contributed by atoms with Gasteiger partial charge in [0.15, 0.2) is 0 Å². The maximum Gasteiger partial charge on any atom is 0.223 e. The van der Waals surface area contributed by atoms with Crippen LogP contribution in [0.4, 0.5) is 4.39 Å². The lowest BCUT2D eigenvalue weighted by molar-refractivity contribution is -0.130. The molecule has 0 saturated heterocycles. The Hall–Kier alpha value is -1.82. The zero-order valence-corrected chi connectivity index (χ0v) is 12.0. The second-order valence-electron chi connectivity index (χ2n) is 4.31. The minimum absolute atomic E-state index is 0.0187. The monoisotopic (exact) mass is 293 g/mol. The maximum atomic E-state index is 13.4. The number of amides is 1. The van der Waals surface area contributed by atoms with Gasteiger partial charge in [0.2, 0.25) is 5.91 Å². The molecule has 1 aromatic heterocycles. The molecule has 6 heteroatoms. The topological polar surface area (TPSA) is 49.0 Å². The van der Waals surface area contributed by atoms with Gasteiger partial charge in [-0.3, -0.25) is 4.79 Å². The number of aromatic nitrogens is 2. The average Bonchev–Trinajstić information content (AvgIpc) is 2.93. The summed E-state index contributed by atoms with van der Waals surface area (Å²) in [6, 6.07) is 6.59. The molecule has 2 aromatic rings. The number of nitrogens with one attached hydrogen (secondary N) is 1. The first-order valence-corrected chi connectivity index (χ1v) is 7.25. The Morgan fingerprint density at radius 1 is 1.45 bits per heavy atom. The molecule has 1 aromatic carbocycles. The SMILES string of the molecule is CN(Cc1ncc[nH]1)C(=O)CCSc1ccccc1F. The Bertz CT molecular complexity index is 559. The third-order valence-corrected chi connectivity index (χ3v) is 3.83. The Kier molecular flexibility index (Phi) is 5.17. The highest BCUT2D eigenvalue weighted by molar-refractivity contribution is 7.99. The summed E-state index contributed by atoms with van der Waals surface area (Å²) in [5.74, 6) is 1.09. The van der Waals surface area contributed by atoms with Crippen LogP contribution in [0.3, 0.4) is 0 Å². The molecule has 2 rings (SSSR count). The second kappa shape index (κ2) is 7.09. The molecule has 106 valence electrons. The van der Waals surface area contributed by atoms with Crippen LogP contribution >= 0.6 is 11.8 Å². The van der Waals surface area contributed by atoms with Crippen molar-refractivity contribution in [1.29, 1.82) is 0 Å². The zero-order valence-electron chi connectivity index (χ0n) is 11.2. The van der Waals surface area contributed by atoms with Gasteiger partial charge in [0.25, 0.3) is 0 Å². The predicted molar refractivity (Wildman–Crippen MR) is 76.8 cm³/mol. The molecule has 1 amide bonds. The molecule has 0 spiro atoms. The molecule has 0 aliphatic heterocycles. The number of thioether (sulfide) groups is 1. The zero-order chi connectivity index (χ0) is 14.4. The molecule has 0 unspecified atom stereocenters. The molecule has 0 atom stereocenters. The minimum atomic E-state index is -0.242. The molecule has 4 nitrogen and oxygen atoms in total. The van der Waals surface area contributed by atoms with Gasteiger partial charge in [-0.05, 0) is 12.1 Å². The van der Waals surface area contributed by atoms with Gasteiger partial charge >= 0.3 is 0 Å². The van der Waals surface area contributed by atoms with Crippen molar-refractivity contribution in [3.63, 3.8) is 0 Å². The first-order chi connectivity index (χ1) is 9.66. The quantitative estimate of drug-likeness (QED) is 0.833. The highest BCUT2D eigenvalue weighted by Crippen LogP contribution is 2.21. The minimum Gasteiger partial charge on any atom is -0.347 e. The van der Waals surface area contributed by atoms with E-state index in [4.69, 9.17) is 0 Å². The Morgan fingerprint density at radius 2 is 2.25 bits per heavy atom. The van der Waals surface area contributed by atoms with Crippen molar-refractivity contribution in [2.75, 3.05) is 12.8 Å². The van der Waals surface area contributed by atoms with E-state index in [0.717, 1.165) is 5.82 Å². The van der Waals surface area contributed by atoms with Crippen molar-refractivity contribution in [2.45, 2.75) is 17.9 Å². The predicted octanol–water partition coefficient (Wildman–Crippen LogP) is 2.69. The fraction of sp³-hybridized carbons (Fsp3) is 0.286. The molecular formula is C14H16FN3OS. The van der Waals surface area contributed by atoms with Crippen LogP contribution < -0.4 is 0 Å².